The molecule has 0 spiro atoms. The molecule has 10 nitrogen and oxygen atoms in total. The lowest BCUT2D eigenvalue weighted by Crippen LogP contribution is -2.20. The number of anilines is 1. The zero-order valence-electron chi connectivity index (χ0n) is 25.7. The van der Waals surface area contributed by atoms with E-state index in [9.17, 15) is 24.6 Å². The Balaban J connectivity index is 2.01. The first-order valence-electron chi connectivity index (χ1n) is 14.3. The van der Waals surface area contributed by atoms with Crippen molar-refractivity contribution in [2.24, 2.45) is 0 Å². The van der Waals surface area contributed by atoms with E-state index in [4.69, 9.17) is 14.2 Å². The number of allylic oxidation sites excluding steroid dienone is 1. The summed E-state index contributed by atoms with van der Waals surface area (Å²) in [6.45, 7) is 4.48. The Labute approximate surface area is 252 Å². The highest BCUT2D eigenvalue weighted by Gasteiger charge is 2.37. The van der Waals surface area contributed by atoms with Gasteiger partial charge in [0.05, 0.1) is 43.7 Å². The zero-order chi connectivity index (χ0) is 31.8. The molecule has 0 fully saturated rings. The van der Waals surface area contributed by atoms with E-state index in [1.807, 2.05) is 19.0 Å². The molecule has 0 aromatic heterocycles. The zero-order valence-corrected chi connectivity index (χ0v) is 25.7. The number of methoxy groups -OCH3 is 3. The van der Waals surface area contributed by atoms with Crippen molar-refractivity contribution >= 4 is 60.6 Å². The van der Waals surface area contributed by atoms with Gasteiger partial charge in [0.1, 0.15) is 28.8 Å². The number of fused-ring (bicyclic) bond motifs is 1. The number of aromatic hydroxyl groups is 2. The van der Waals surface area contributed by atoms with Gasteiger partial charge < -0.3 is 34.6 Å². The van der Waals surface area contributed by atoms with Crippen molar-refractivity contribution in [1.29, 1.82) is 0 Å². The number of hydrogen-bond acceptors (Lipinski definition) is 10. The van der Waals surface area contributed by atoms with Crippen LogP contribution in [-0.4, -0.2) is 69.4 Å². The summed E-state index contributed by atoms with van der Waals surface area (Å²) in [6.07, 6.45) is 2.54. The third-order valence-corrected chi connectivity index (χ3v) is 8.73. The van der Waals surface area contributed by atoms with Crippen LogP contribution in [0, 0.1) is 0 Å². The average Bonchev–Trinajstić information content (AvgIpc) is 3.10. The van der Waals surface area contributed by atoms with Gasteiger partial charge in [0.15, 0.2) is 5.75 Å². The fourth-order valence-electron chi connectivity index (χ4n) is 7.05. The van der Waals surface area contributed by atoms with E-state index in [1.54, 1.807) is 13.0 Å². The van der Waals surface area contributed by atoms with Crippen LogP contribution in [0.5, 0.6) is 28.7 Å². The van der Waals surface area contributed by atoms with E-state index in [-0.39, 0.29) is 51.0 Å². The Bertz CT molecular complexity index is 2170. The van der Waals surface area contributed by atoms with Gasteiger partial charge in [-0.1, -0.05) is 11.6 Å². The van der Waals surface area contributed by atoms with E-state index in [2.05, 4.69) is 5.32 Å². The van der Waals surface area contributed by atoms with E-state index in [0.29, 0.717) is 55.6 Å². The van der Waals surface area contributed by atoms with Crippen LogP contribution in [-0.2, 0) is 4.79 Å². The minimum atomic E-state index is -0.891. The molecule has 5 aromatic rings. The van der Waals surface area contributed by atoms with Crippen LogP contribution < -0.4 is 30.4 Å². The van der Waals surface area contributed by atoms with Crippen LogP contribution in [0.15, 0.2) is 27.3 Å². The number of carbonyl (C=O) groups is 1. The van der Waals surface area contributed by atoms with E-state index < -0.39 is 16.8 Å². The van der Waals surface area contributed by atoms with E-state index >= 15 is 0 Å². The van der Waals surface area contributed by atoms with Gasteiger partial charge in [-0.05, 0) is 46.3 Å². The topological polar surface area (TPSA) is 135 Å². The number of nitrogens with one attached hydrogen (secondary N) is 1. The number of rotatable bonds is 9. The number of phenols is 2. The van der Waals surface area contributed by atoms with Gasteiger partial charge in [-0.2, -0.15) is 0 Å². The fourth-order valence-corrected chi connectivity index (χ4v) is 7.05. The molecule has 6 rings (SSSR count). The molecule has 0 saturated carbocycles. The van der Waals surface area contributed by atoms with Gasteiger partial charge >= 0.3 is 0 Å². The number of carbonyl (C=O) groups excluding carboxylic acids is 1. The molecule has 0 radical (unpaired) electrons. The molecular formula is C34H34N2O8. The van der Waals surface area contributed by atoms with Crippen molar-refractivity contribution in [3.05, 3.63) is 49.3 Å². The number of nitrogens with zero attached hydrogens (tertiary/aromatic N) is 1. The second kappa shape index (κ2) is 10.4. The predicted octanol–water partition coefficient (Wildman–Crippen LogP) is 4.79. The number of ether oxygens (including phenoxy) is 3. The summed E-state index contributed by atoms with van der Waals surface area (Å²) >= 11 is 0. The summed E-state index contributed by atoms with van der Waals surface area (Å²) in [4.78, 5) is 44.0. The minimum absolute atomic E-state index is 0.00942. The lowest BCUT2D eigenvalue weighted by molar-refractivity contribution is -0.117. The summed E-state index contributed by atoms with van der Waals surface area (Å²) in [5, 5.41) is 28.6. The molecule has 3 N–H and O–H groups in total. The van der Waals surface area contributed by atoms with Gasteiger partial charge in [-0.3, -0.25) is 14.4 Å². The highest BCUT2D eigenvalue weighted by atomic mass is 16.5. The molecule has 1 aliphatic rings. The van der Waals surface area contributed by atoms with E-state index in [0.717, 1.165) is 13.0 Å². The number of hydrogen-bond donors (Lipinski definition) is 3. The number of phenolic OH excluding ortho intramolecular Hbond substituents is 2. The Morgan fingerprint density at radius 3 is 1.93 bits per heavy atom. The molecular weight excluding hydrogens is 564 g/mol. The maximum Gasteiger partial charge on any atom is 0.232 e. The van der Waals surface area contributed by atoms with Gasteiger partial charge in [-0.15, -0.1) is 0 Å². The van der Waals surface area contributed by atoms with Crippen molar-refractivity contribution in [2.45, 2.75) is 26.2 Å². The molecule has 1 aliphatic carbocycles. The molecule has 1 atom stereocenters. The molecule has 0 bridgehead atoms. The quantitative estimate of drug-likeness (QED) is 0.124. The average molecular weight is 599 g/mol. The summed E-state index contributed by atoms with van der Waals surface area (Å²) in [5.74, 6) is -1.31. The number of benzene rings is 5. The molecule has 228 valence electrons. The van der Waals surface area contributed by atoms with Crippen LogP contribution in [0.4, 0.5) is 5.69 Å². The third-order valence-electron chi connectivity index (χ3n) is 8.73. The first-order chi connectivity index (χ1) is 21.0. The minimum Gasteiger partial charge on any atom is -0.507 e. The Morgan fingerprint density at radius 1 is 0.841 bits per heavy atom. The van der Waals surface area contributed by atoms with Crippen LogP contribution in [0.1, 0.15) is 37.3 Å². The second-order valence-corrected chi connectivity index (χ2v) is 11.6. The van der Waals surface area contributed by atoms with Crippen molar-refractivity contribution in [1.82, 2.24) is 4.90 Å². The predicted molar refractivity (Wildman–Crippen MR) is 173 cm³/mol. The maximum atomic E-state index is 14.4. The fraction of sp³-hybridized carbons (Fsp3) is 0.324. The van der Waals surface area contributed by atoms with Gasteiger partial charge in [0.25, 0.3) is 0 Å². The standard InChI is InChI=1S/C34H34N2O8/c1-14-11-16-22-27-23(32(40)31(16)35-9-8-10-36(3)4)17(38)12-19(42-5)25(27)26-20(43-6)13-18(39)24-29(26)28(22)30(21(14)15(2)37)34(44-7)33(24)41/h11-13,21,35,38-39H,8-10H2,1-7H3. The third kappa shape index (κ3) is 3.86. The maximum absolute atomic E-state index is 14.4. The summed E-state index contributed by atoms with van der Waals surface area (Å²) in [7, 11) is 8.17. The molecule has 0 saturated heterocycles. The van der Waals surface area contributed by atoms with Gasteiger partial charge in [-0.25, -0.2) is 0 Å². The largest absolute Gasteiger partial charge is 0.507 e. The first-order valence-corrected chi connectivity index (χ1v) is 14.3. The van der Waals surface area contributed by atoms with Crippen molar-refractivity contribution < 1.29 is 29.2 Å². The van der Waals surface area contributed by atoms with Crippen LogP contribution in [0.2, 0.25) is 0 Å². The Hall–Kier alpha value is -4.83. The molecule has 0 aliphatic heterocycles. The van der Waals surface area contributed by atoms with Gasteiger partial charge in [0, 0.05) is 56.7 Å². The number of ketones is 1. The van der Waals surface area contributed by atoms with Crippen molar-refractivity contribution in [2.75, 3.05) is 53.8 Å². The van der Waals surface area contributed by atoms with Crippen LogP contribution >= 0.6 is 0 Å². The lowest BCUT2D eigenvalue weighted by Gasteiger charge is -2.24. The molecule has 0 heterocycles. The lowest BCUT2D eigenvalue weighted by atomic mass is 9.80. The number of Topliss-reactive ketones (excluding diaryl/α,β-unsaturated/α-hetero) is 1. The van der Waals surface area contributed by atoms with Crippen LogP contribution in [0.3, 0.4) is 0 Å². The molecule has 1 unspecified atom stereocenters. The van der Waals surface area contributed by atoms with Crippen molar-refractivity contribution in [3.8, 4) is 28.7 Å². The smallest absolute Gasteiger partial charge is 0.232 e. The normalized spacial score (nSPS) is 14.6. The van der Waals surface area contributed by atoms with E-state index in [1.165, 1.54) is 40.4 Å². The summed E-state index contributed by atoms with van der Waals surface area (Å²) < 4.78 is 17.2. The Morgan fingerprint density at radius 2 is 1.41 bits per heavy atom. The van der Waals surface area contributed by atoms with Crippen LogP contribution in [0.25, 0.3) is 49.2 Å². The SMILES string of the molecule is COc1c2c3c4c(c(NCCCN(C)C)c(=O)c5c(O)cc(OC)c(c6c(OC)cc(O)c(c1=O)c63)c54)C=C(C)C2C(C)=O. The molecule has 10 heteroatoms. The molecule has 0 amide bonds. The summed E-state index contributed by atoms with van der Waals surface area (Å²) in [6, 6.07) is 2.72. The summed E-state index contributed by atoms with van der Waals surface area (Å²) in [5.41, 5.74) is 0.728. The Kier molecular flexibility index (Phi) is 6.92. The monoisotopic (exact) mass is 598 g/mol. The molecule has 44 heavy (non-hydrogen) atoms. The highest BCUT2D eigenvalue weighted by molar-refractivity contribution is 6.39. The molecule has 5 aromatic carbocycles. The highest BCUT2D eigenvalue weighted by Crippen LogP contribution is 2.55. The van der Waals surface area contributed by atoms with Gasteiger partial charge in [0.2, 0.25) is 10.9 Å². The van der Waals surface area contributed by atoms with Crippen molar-refractivity contribution in [3.63, 3.8) is 0 Å². The second-order valence-electron chi connectivity index (χ2n) is 11.6. The first kappa shape index (κ1) is 29.3.